The maximum absolute atomic E-state index is 5.40. The minimum absolute atomic E-state index is 0. The second-order valence-electron chi connectivity index (χ2n) is 3.43. The summed E-state index contributed by atoms with van der Waals surface area (Å²) in [6.07, 6.45) is 8.15. The molecule has 1 fully saturated rings. The fraction of sp³-hybridized carbons (Fsp3) is 1.00. The van der Waals surface area contributed by atoms with Gasteiger partial charge in [0, 0.05) is 6.04 Å². The summed E-state index contributed by atoms with van der Waals surface area (Å²) in [5, 5.41) is 3.54. The Morgan fingerprint density at radius 3 is 2.23 bits per heavy atom. The van der Waals surface area contributed by atoms with E-state index in [0.29, 0.717) is 0 Å². The second-order valence-corrected chi connectivity index (χ2v) is 3.43. The summed E-state index contributed by atoms with van der Waals surface area (Å²) in [5.41, 5.74) is 5.40. The van der Waals surface area contributed by atoms with Gasteiger partial charge in [-0.1, -0.05) is 19.3 Å². The Kier molecular flexibility index (Phi) is 11.7. The smallest absolute Gasteiger partial charge is 0.00670 e. The van der Waals surface area contributed by atoms with Gasteiger partial charge in [0.1, 0.15) is 0 Å². The first kappa shape index (κ1) is 15.3. The van der Waals surface area contributed by atoms with Crippen LogP contribution in [-0.2, 0) is 0 Å². The molecule has 1 saturated carbocycles. The van der Waals surface area contributed by atoms with Crippen LogP contribution in [0.5, 0.6) is 0 Å². The normalized spacial score (nSPS) is 17.3. The van der Waals surface area contributed by atoms with Gasteiger partial charge in [-0.05, 0) is 32.4 Å². The summed E-state index contributed by atoms with van der Waals surface area (Å²) < 4.78 is 0. The Morgan fingerprint density at radius 1 is 1.08 bits per heavy atom. The lowest BCUT2D eigenvalue weighted by atomic mass is 9.95. The van der Waals surface area contributed by atoms with E-state index in [1.807, 2.05) is 0 Å². The monoisotopic (exact) mass is 190 g/mol. The molecule has 1 aliphatic rings. The predicted octanol–water partition coefficient (Wildman–Crippen LogP) is 1.58. The van der Waals surface area contributed by atoms with Crippen molar-refractivity contribution in [3.05, 3.63) is 0 Å². The summed E-state index contributed by atoms with van der Waals surface area (Å²) in [5.74, 6) is 0. The quantitative estimate of drug-likeness (QED) is 0.505. The molecule has 1 aliphatic carbocycles. The van der Waals surface area contributed by atoms with Crippen molar-refractivity contribution in [1.29, 1.82) is 0 Å². The highest BCUT2D eigenvalue weighted by molar-refractivity contribution is 4.71. The lowest BCUT2D eigenvalue weighted by Crippen LogP contribution is -2.32. The van der Waals surface area contributed by atoms with E-state index < -0.39 is 0 Å². The van der Waals surface area contributed by atoms with Crippen LogP contribution >= 0.6 is 0 Å². The molecule has 0 aliphatic heterocycles. The largest absolute Gasteiger partial charge is 0.344 e. The van der Waals surface area contributed by atoms with Gasteiger partial charge in [-0.2, -0.15) is 0 Å². The molecule has 0 radical (unpaired) electrons. The average Bonchev–Trinajstić information content (AvgIpc) is 2.07. The van der Waals surface area contributed by atoms with Gasteiger partial charge >= 0.3 is 0 Å². The molecule has 0 bridgehead atoms. The number of rotatable bonds is 4. The molecule has 0 saturated heterocycles. The molecular weight excluding hydrogens is 164 g/mol. The molecule has 1 rings (SSSR count). The first-order valence-corrected chi connectivity index (χ1v) is 4.87. The zero-order chi connectivity index (χ0) is 7.94. The molecule has 13 heavy (non-hydrogen) atoms. The van der Waals surface area contributed by atoms with Crippen molar-refractivity contribution in [3.63, 3.8) is 0 Å². The van der Waals surface area contributed by atoms with Gasteiger partial charge in [0.05, 0.1) is 0 Å². The molecule has 0 aromatic carbocycles. The maximum Gasteiger partial charge on any atom is 0.00670 e. The molecule has 0 spiro atoms. The third-order valence-corrected chi connectivity index (χ3v) is 2.42. The van der Waals surface area contributed by atoms with Crippen LogP contribution < -0.4 is 23.4 Å². The van der Waals surface area contributed by atoms with Gasteiger partial charge in [-0.3, -0.25) is 0 Å². The highest BCUT2D eigenvalue weighted by atomic mass is 14.9. The fourth-order valence-electron chi connectivity index (χ4n) is 1.71. The van der Waals surface area contributed by atoms with Crippen molar-refractivity contribution in [2.75, 3.05) is 13.1 Å². The lowest BCUT2D eigenvalue weighted by Gasteiger charge is -2.22. The van der Waals surface area contributed by atoms with Crippen LogP contribution in [0.1, 0.15) is 38.5 Å². The van der Waals surface area contributed by atoms with Crippen molar-refractivity contribution in [2.24, 2.45) is 5.73 Å². The lowest BCUT2D eigenvalue weighted by molar-refractivity contribution is 0.373. The first-order valence-electron chi connectivity index (χ1n) is 4.87. The highest BCUT2D eigenvalue weighted by Gasteiger charge is 2.11. The van der Waals surface area contributed by atoms with E-state index in [9.17, 15) is 0 Å². The minimum Gasteiger partial charge on any atom is -0.344 e. The second kappa shape index (κ2) is 9.92. The topological polar surface area (TPSA) is 108 Å². The van der Waals surface area contributed by atoms with E-state index in [0.717, 1.165) is 25.6 Å². The summed E-state index contributed by atoms with van der Waals surface area (Å²) in [7, 11) is 0. The molecular formula is C9H26N4. The van der Waals surface area contributed by atoms with E-state index in [1.54, 1.807) is 0 Å². The van der Waals surface area contributed by atoms with Gasteiger partial charge in [-0.25, -0.2) is 0 Å². The van der Waals surface area contributed by atoms with Gasteiger partial charge in [-0.15, -0.1) is 0 Å². The number of nitrogens with two attached hydrogens (primary N) is 1. The van der Waals surface area contributed by atoms with Crippen molar-refractivity contribution in [2.45, 2.75) is 44.6 Å². The van der Waals surface area contributed by atoms with Gasteiger partial charge in [0.25, 0.3) is 0 Å². The third kappa shape index (κ3) is 6.95. The summed E-state index contributed by atoms with van der Waals surface area (Å²) in [6, 6.07) is 0.801. The fourth-order valence-corrected chi connectivity index (χ4v) is 1.71. The van der Waals surface area contributed by atoms with Crippen LogP contribution in [0.15, 0.2) is 0 Å². The Balaban J connectivity index is 0. The van der Waals surface area contributed by atoms with E-state index in [1.165, 1.54) is 32.1 Å². The van der Waals surface area contributed by atoms with Gasteiger partial charge < -0.3 is 23.4 Å². The molecule has 0 atom stereocenters. The third-order valence-electron chi connectivity index (χ3n) is 2.42. The Bertz CT molecular complexity index is 91.6. The highest BCUT2D eigenvalue weighted by Crippen LogP contribution is 2.16. The molecule has 82 valence electrons. The average molecular weight is 190 g/mol. The van der Waals surface area contributed by atoms with E-state index in [2.05, 4.69) is 5.32 Å². The molecule has 0 amide bonds. The van der Waals surface area contributed by atoms with Crippen LogP contribution in [0.2, 0.25) is 0 Å². The predicted molar refractivity (Wildman–Crippen MR) is 58.6 cm³/mol. The van der Waals surface area contributed by atoms with Crippen molar-refractivity contribution < 1.29 is 0 Å². The number of hydrogen-bond acceptors (Lipinski definition) is 4. The number of hydrogen-bond donors (Lipinski definition) is 4. The van der Waals surface area contributed by atoms with Crippen LogP contribution in [0.25, 0.3) is 0 Å². The number of nitrogens with one attached hydrogen (secondary N) is 1. The zero-order valence-corrected chi connectivity index (χ0v) is 8.73. The molecule has 0 unspecified atom stereocenters. The maximum atomic E-state index is 5.40. The SMILES string of the molecule is N.N.NCCCNC1CCCCC1. The minimum atomic E-state index is 0. The Labute approximate surface area is 81.8 Å². The molecule has 4 nitrogen and oxygen atoms in total. The van der Waals surface area contributed by atoms with Gasteiger partial charge in [0.15, 0.2) is 0 Å². The van der Waals surface area contributed by atoms with Crippen LogP contribution in [0, 0.1) is 0 Å². The zero-order valence-electron chi connectivity index (χ0n) is 8.73. The molecule has 0 heterocycles. The van der Waals surface area contributed by atoms with E-state index >= 15 is 0 Å². The Morgan fingerprint density at radius 2 is 1.69 bits per heavy atom. The van der Waals surface area contributed by atoms with Crippen LogP contribution in [-0.4, -0.2) is 19.1 Å². The molecule has 0 aromatic heterocycles. The van der Waals surface area contributed by atoms with E-state index in [-0.39, 0.29) is 12.3 Å². The molecule has 0 aromatic rings. The summed E-state index contributed by atoms with van der Waals surface area (Å²) >= 11 is 0. The standard InChI is InChI=1S/C9H20N2.2H3N/c10-7-4-8-11-9-5-2-1-3-6-9;;/h9,11H,1-8,10H2;2*1H3. The molecule has 9 N–H and O–H groups in total. The van der Waals surface area contributed by atoms with Gasteiger partial charge in [0.2, 0.25) is 0 Å². The van der Waals surface area contributed by atoms with Crippen molar-refractivity contribution in [1.82, 2.24) is 17.6 Å². The van der Waals surface area contributed by atoms with E-state index in [4.69, 9.17) is 5.73 Å². The summed E-state index contributed by atoms with van der Waals surface area (Å²) in [4.78, 5) is 0. The van der Waals surface area contributed by atoms with Crippen molar-refractivity contribution in [3.8, 4) is 0 Å². The summed E-state index contributed by atoms with van der Waals surface area (Å²) in [6.45, 7) is 1.93. The first-order chi connectivity index (χ1) is 5.43. The van der Waals surface area contributed by atoms with Crippen LogP contribution in [0.4, 0.5) is 0 Å². The van der Waals surface area contributed by atoms with Crippen LogP contribution in [0.3, 0.4) is 0 Å². The van der Waals surface area contributed by atoms with Crippen molar-refractivity contribution >= 4 is 0 Å². The molecule has 4 heteroatoms. The Hall–Kier alpha value is -0.160.